The Bertz CT molecular complexity index is 3620. The molecule has 4 heterocycles. The molecule has 0 bridgehead atoms. The highest BCUT2D eigenvalue weighted by Crippen LogP contribution is 2.54. The molecule has 0 fully saturated rings. The largest absolute Gasteiger partial charge is 0.318 e. The third-order valence-electron chi connectivity index (χ3n) is 12.4. The summed E-state index contributed by atoms with van der Waals surface area (Å²) in [5.74, 6) is 0. The van der Waals surface area contributed by atoms with Crippen molar-refractivity contribution in [1.82, 2.24) is 24.1 Å². The Kier molecular flexibility index (Phi) is 6.45. The van der Waals surface area contributed by atoms with Crippen LogP contribution in [0.3, 0.4) is 0 Å². The van der Waals surface area contributed by atoms with Crippen molar-refractivity contribution in [1.29, 1.82) is 5.26 Å². The van der Waals surface area contributed by atoms with Crippen LogP contribution in [-0.2, 0) is 0 Å². The molecule has 0 saturated heterocycles. The molecule has 7 heteroatoms. The topological polar surface area (TPSA) is 76.7 Å². The van der Waals surface area contributed by atoms with Crippen molar-refractivity contribution in [2.24, 2.45) is 0 Å². The van der Waals surface area contributed by atoms with E-state index in [4.69, 9.17) is 21.5 Å². The van der Waals surface area contributed by atoms with Gasteiger partial charge in [-0.3, -0.25) is 15.0 Å². The lowest BCUT2D eigenvalue weighted by molar-refractivity contribution is 1.13. The highest BCUT2D eigenvalue weighted by Gasteiger charge is 2.33. The van der Waals surface area contributed by atoms with E-state index < -0.39 is 0 Å². The van der Waals surface area contributed by atoms with Crippen molar-refractivity contribution in [2.45, 2.75) is 0 Å². The summed E-state index contributed by atoms with van der Waals surface area (Å²) in [6.07, 6.45) is 5.35. The van der Waals surface area contributed by atoms with E-state index in [1.54, 1.807) is 12.4 Å². The molecule has 13 aromatic rings. The SMILES string of the molecule is [C-]#[N+]c1c(-c2ccccc2)c(C#N)c(-n2c3cccc4c5nccnc5c5cccc2c5c43)c(-c2ccccc2)c1-n1c2cccc3c4cccnc4c4cccc1c4c32. The van der Waals surface area contributed by atoms with E-state index in [2.05, 4.69) is 111 Å². The maximum absolute atomic E-state index is 11.7. The van der Waals surface area contributed by atoms with E-state index in [9.17, 15) is 5.26 Å². The first-order valence-corrected chi connectivity index (χ1v) is 19.8. The molecule has 0 spiro atoms. The average molecular weight is 762 g/mol. The van der Waals surface area contributed by atoms with Gasteiger partial charge in [0.15, 0.2) is 0 Å². The fourth-order valence-electron chi connectivity index (χ4n) is 10.2. The van der Waals surface area contributed by atoms with Crippen LogP contribution in [-0.4, -0.2) is 24.1 Å². The molecule has 0 unspecified atom stereocenters. The van der Waals surface area contributed by atoms with Crippen LogP contribution in [0.25, 0.3) is 126 Å². The smallest absolute Gasteiger partial charge is 0.220 e. The van der Waals surface area contributed by atoms with E-state index >= 15 is 0 Å². The van der Waals surface area contributed by atoms with Crippen LogP contribution in [0.5, 0.6) is 0 Å². The highest BCUT2D eigenvalue weighted by molar-refractivity contribution is 6.35. The van der Waals surface area contributed by atoms with Crippen LogP contribution < -0.4 is 0 Å². The number of nitrogens with zero attached hydrogens (tertiary/aromatic N) is 7. The lowest BCUT2D eigenvalue weighted by Gasteiger charge is -2.25. The second-order valence-electron chi connectivity index (χ2n) is 15.2. The van der Waals surface area contributed by atoms with Crippen molar-refractivity contribution in [3.63, 3.8) is 0 Å². The molecule has 274 valence electrons. The third kappa shape index (κ3) is 4.02. The van der Waals surface area contributed by atoms with Gasteiger partial charge in [0.2, 0.25) is 5.69 Å². The van der Waals surface area contributed by atoms with Gasteiger partial charge in [-0.05, 0) is 46.8 Å². The molecule has 0 radical (unpaired) electrons. The van der Waals surface area contributed by atoms with Crippen LogP contribution in [0.1, 0.15) is 5.56 Å². The molecule has 9 aromatic carbocycles. The second-order valence-corrected chi connectivity index (χ2v) is 15.2. The summed E-state index contributed by atoms with van der Waals surface area (Å²) in [6.45, 7) is 9.14. The normalized spacial score (nSPS) is 12.0. The fraction of sp³-hybridized carbons (Fsp3) is 0. The molecular weight excluding hydrogens is 735 g/mol. The Morgan fingerprint density at radius 1 is 0.433 bits per heavy atom. The van der Waals surface area contributed by atoms with Gasteiger partial charge >= 0.3 is 0 Å². The van der Waals surface area contributed by atoms with Crippen molar-refractivity contribution < 1.29 is 0 Å². The molecule has 0 amide bonds. The van der Waals surface area contributed by atoms with E-state index in [0.29, 0.717) is 28.2 Å². The van der Waals surface area contributed by atoms with Gasteiger partial charge in [0.1, 0.15) is 6.07 Å². The fourth-order valence-corrected chi connectivity index (χ4v) is 10.2. The first-order chi connectivity index (χ1) is 29.8. The molecule has 0 aliphatic rings. The van der Waals surface area contributed by atoms with Gasteiger partial charge in [-0.1, -0.05) is 115 Å². The van der Waals surface area contributed by atoms with Crippen molar-refractivity contribution in [3.05, 3.63) is 181 Å². The van der Waals surface area contributed by atoms with Gasteiger partial charge in [0, 0.05) is 72.8 Å². The molecule has 0 N–H and O–H groups in total. The monoisotopic (exact) mass is 761 g/mol. The van der Waals surface area contributed by atoms with E-state index in [0.717, 1.165) is 104 Å². The Balaban J connectivity index is 1.33. The Hall–Kier alpha value is -8.65. The predicted molar refractivity (Wildman–Crippen MR) is 243 cm³/mol. The zero-order chi connectivity index (χ0) is 39.6. The number of hydrogen-bond acceptors (Lipinski definition) is 4. The van der Waals surface area contributed by atoms with Crippen LogP contribution >= 0.6 is 0 Å². The first-order valence-electron chi connectivity index (χ1n) is 19.8. The Labute approximate surface area is 341 Å². The summed E-state index contributed by atoms with van der Waals surface area (Å²) < 4.78 is 4.54. The minimum Gasteiger partial charge on any atom is -0.318 e. The number of rotatable bonds is 4. The number of hydrogen-bond donors (Lipinski definition) is 0. The molecule has 0 saturated carbocycles. The van der Waals surface area contributed by atoms with E-state index in [1.807, 2.05) is 60.8 Å². The third-order valence-corrected chi connectivity index (χ3v) is 12.4. The Morgan fingerprint density at radius 3 is 1.42 bits per heavy atom. The van der Waals surface area contributed by atoms with Crippen LogP contribution in [0, 0.1) is 17.9 Å². The molecule has 7 nitrogen and oxygen atoms in total. The van der Waals surface area contributed by atoms with Gasteiger partial charge < -0.3 is 9.13 Å². The molecule has 0 aliphatic heterocycles. The zero-order valence-corrected chi connectivity index (χ0v) is 31.7. The van der Waals surface area contributed by atoms with Crippen molar-refractivity contribution in [3.8, 4) is 39.7 Å². The van der Waals surface area contributed by atoms with Gasteiger partial charge in [0.25, 0.3) is 0 Å². The number of fused-ring (bicyclic) bond motifs is 6. The van der Waals surface area contributed by atoms with Gasteiger partial charge in [0.05, 0.1) is 62.1 Å². The standard InChI is InChI=1S/C53H27N7/c1-55-51-42(30-13-4-2-5-14-30)37(29-54)52(59-39-23-10-19-35-46(39)47-36(20-11-24-40(47)59)50-49(35)57-27-28-58-50)43(31-15-6-3-7-16-31)53(51)60-38-22-8-17-32-33-21-12-26-56-48(33)34-18-9-25-41(60)45(34)44(32)38/h2-28H. The van der Waals surface area contributed by atoms with Gasteiger partial charge in [-0.2, -0.15) is 5.26 Å². The molecular formula is C53H27N7. The summed E-state index contributed by atoms with van der Waals surface area (Å²) in [6, 6.07) is 52.5. The van der Waals surface area contributed by atoms with Crippen LogP contribution in [0.15, 0.2) is 164 Å². The zero-order valence-electron chi connectivity index (χ0n) is 31.7. The van der Waals surface area contributed by atoms with Gasteiger partial charge in [-0.15, -0.1) is 0 Å². The van der Waals surface area contributed by atoms with E-state index in [1.165, 1.54) is 0 Å². The van der Waals surface area contributed by atoms with Crippen LogP contribution in [0.4, 0.5) is 5.69 Å². The van der Waals surface area contributed by atoms with Crippen LogP contribution in [0.2, 0.25) is 0 Å². The van der Waals surface area contributed by atoms with E-state index in [-0.39, 0.29) is 0 Å². The maximum Gasteiger partial charge on any atom is 0.220 e. The summed E-state index contributed by atoms with van der Waals surface area (Å²) in [7, 11) is 0. The van der Waals surface area contributed by atoms with Crippen molar-refractivity contribution >= 4 is 92.8 Å². The molecule has 0 aliphatic carbocycles. The molecule has 0 atom stereocenters. The number of nitriles is 1. The number of pyridine rings is 1. The summed E-state index contributed by atoms with van der Waals surface area (Å²) in [5, 5.41) is 21.2. The molecule has 13 rings (SSSR count). The first kappa shape index (κ1) is 32.4. The summed E-state index contributed by atoms with van der Waals surface area (Å²) >= 11 is 0. The minimum atomic E-state index is 0.400. The molecule has 4 aromatic heterocycles. The number of aromatic nitrogens is 5. The lowest BCUT2D eigenvalue weighted by atomic mass is 9.88. The summed E-state index contributed by atoms with van der Waals surface area (Å²) in [5.41, 5.74) is 11.7. The highest BCUT2D eigenvalue weighted by atomic mass is 15.0. The minimum absolute atomic E-state index is 0.400. The molecule has 60 heavy (non-hydrogen) atoms. The maximum atomic E-state index is 11.7. The summed E-state index contributed by atoms with van der Waals surface area (Å²) in [4.78, 5) is 19.1. The number of benzene rings is 9. The predicted octanol–water partition coefficient (Wildman–Crippen LogP) is 13.3. The second kappa shape index (κ2) is 11.9. The van der Waals surface area contributed by atoms with Gasteiger partial charge in [-0.25, -0.2) is 4.85 Å². The van der Waals surface area contributed by atoms with Crippen molar-refractivity contribution in [2.75, 3.05) is 0 Å². The average Bonchev–Trinajstić information content (AvgIpc) is 3.84. The quantitative estimate of drug-likeness (QED) is 0.132. The Morgan fingerprint density at radius 2 is 0.883 bits per heavy atom. The lowest BCUT2D eigenvalue weighted by Crippen LogP contribution is -2.08.